The summed E-state index contributed by atoms with van der Waals surface area (Å²) in [5.41, 5.74) is 4.59. The van der Waals surface area contributed by atoms with Crippen LogP contribution in [0.5, 0.6) is 5.75 Å². The highest BCUT2D eigenvalue weighted by Gasteiger charge is 2.27. The molecular weight excluding hydrogens is 486 g/mol. The lowest BCUT2D eigenvalue weighted by Crippen LogP contribution is -2.49. The molecule has 3 aromatic carbocycles. The van der Waals surface area contributed by atoms with Gasteiger partial charge < -0.3 is 20.5 Å². The number of halogens is 2. The summed E-state index contributed by atoms with van der Waals surface area (Å²) in [5.74, 6) is -1.31. The quantitative estimate of drug-likeness (QED) is 0.337. The summed E-state index contributed by atoms with van der Waals surface area (Å²) in [6.07, 6.45) is 0.922. The summed E-state index contributed by atoms with van der Waals surface area (Å²) in [5, 5.41) is 17.2. The second-order valence-corrected chi connectivity index (χ2v) is 10.2. The summed E-state index contributed by atoms with van der Waals surface area (Å²) in [6.45, 7) is 6.65. The SMILES string of the molecule is CCc1cccc(CNC[C@@H](O)[C@@H](Cc2cc(F)cc(F)c2)NC(=O)C(C)c2ccc3c(c2)CC(C)O3)c1. The maximum atomic E-state index is 13.9. The third-order valence-corrected chi connectivity index (χ3v) is 7.07. The summed E-state index contributed by atoms with van der Waals surface area (Å²) in [6, 6.07) is 16.4. The van der Waals surface area contributed by atoms with Crippen molar-refractivity contribution in [2.24, 2.45) is 0 Å². The number of hydrogen-bond donors (Lipinski definition) is 3. The molecule has 0 radical (unpaired) electrons. The third-order valence-electron chi connectivity index (χ3n) is 7.07. The average molecular weight is 523 g/mol. The Morgan fingerprint density at radius 3 is 2.53 bits per heavy atom. The maximum Gasteiger partial charge on any atom is 0.227 e. The number of carbonyl (C=O) groups is 1. The van der Waals surface area contributed by atoms with Crippen LogP contribution in [-0.2, 0) is 30.6 Å². The Labute approximate surface area is 223 Å². The maximum absolute atomic E-state index is 13.9. The minimum Gasteiger partial charge on any atom is -0.490 e. The van der Waals surface area contributed by atoms with Crippen molar-refractivity contribution in [3.63, 3.8) is 0 Å². The molecule has 5 nitrogen and oxygen atoms in total. The number of aliphatic hydroxyl groups excluding tert-OH is 1. The fourth-order valence-corrected chi connectivity index (χ4v) is 4.90. The topological polar surface area (TPSA) is 70.6 Å². The molecule has 3 aromatic rings. The molecule has 1 aliphatic rings. The van der Waals surface area contributed by atoms with E-state index in [1.807, 2.05) is 37.3 Å². The average Bonchev–Trinajstić information content (AvgIpc) is 3.26. The van der Waals surface area contributed by atoms with Crippen molar-refractivity contribution in [2.45, 2.75) is 70.7 Å². The van der Waals surface area contributed by atoms with E-state index in [1.165, 1.54) is 17.7 Å². The Kier molecular flexibility index (Phi) is 9.13. The van der Waals surface area contributed by atoms with Crippen LogP contribution in [0.2, 0.25) is 0 Å². The zero-order valence-electron chi connectivity index (χ0n) is 22.1. The van der Waals surface area contributed by atoms with E-state index in [1.54, 1.807) is 6.92 Å². The van der Waals surface area contributed by atoms with Gasteiger partial charge in [0, 0.05) is 25.6 Å². The van der Waals surface area contributed by atoms with Gasteiger partial charge in [-0.25, -0.2) is 8.78 Å². The molecule has 38 heavy (non-hydrogen) atoms. The fourth-order valence-electron chi connectivity index (χ4n) is 4.90. The number of fused-ring (bicyclic) bond motifs is 1. The molecule has 4 rings (SSSR count). The Morgan fingerprint density at radius 2 is 1.79 bits per heavy atom. The van der Waals surface area contributed by atoms with Crippen LogP contribution >= 0.6 is 0 Å². The fraction of sp³-hybridized carbons (Fsp3) is 0.387. The predicted octanol–water partition coefficient (Wildman–Crippen LogP) is 4.83. The van der Waals surface area contributed by atoms with Gasteiger partial charge in [-0.15, -0.1) is 0 Å². The third kappa shape index (κ3) is 7.17. The lowest BCUT2D eigenvalue weighted by molar-refractivity contribution is -0.123. The molecule has 0 aliphatic carbocycles. The Hall–Kier alpha value is -3.29. The molecule has 2 unspecified atom stereocenters. The van der Waals surface area contributed by atoms with Crippen LogP contribution < -0.4 is 15.4 Å². The van der Waals surface area contributed by atoms with E-state index in [-0.39, 0.29) is 25.0 Å². The number of rotatable bonds is 11. The molecular formula is C31H36F2N2O3. The smallest absolute Gasteiger partial charge is 0.227 e. The highest BCUT2D eigenvalue weighted by Crippen LogP contribution is 2.31. The highest BCUT2D eigenvalue weighted by atomic mass is 19.1. The molecule has 1 aliphatic heterocycles. The largest absolute Gasteiger partial charge is 0.490 e. The standard InChI is InChI=1S/C31H36F2N2O3/c1-4-21-6-5-7-22(11-21)17-34-18-29(36)28(14-23-12-26(32)16-27(33)13-23)35-31(37)20(3)24-8-9-30-25(15-24)10-19(2)38-30/h5-9,11-13,15-16,19-20,28-29,34,36H,4,10,14,17-18H2,1-3H3,(H,35,37)/t19?,20?,28-,29-/m1/s1. The van der Waals surface area contributed by atoms with Gasteiger partial charge in [-0.2, -0.15) is 0 Å². The molecule has 0 aromatic heterocycles. The monoisotopic (exact) mass is 522 g/mol. The summed E-state index contributed by atoms with van der Waals surface area (Å²) < 4.78 is 33.5. The van der Waals surface area contributed by atoms with E-state index < -0.39 is 29.7 Å². The molecule has 3 N–H and O–H groups in total. The summed E-state index contributed by atoms with van der Waals surface area (Å²) in [4.78, 5) is 13.3. The predicted molar refractivity (Wildman–Crippen MR) is 144 cm³/mol. The molecule has 7 heteroatoms. The number of benzene rings is 3. The van der Waals surface area contributed by atoms with E-state index in [4.69, 9.17) is 4.74 Å². The molecule has 4 atom stereocenters. The molecule has 1 amide bonds. The van der Waals surface area contributed by atoms with Crippen molar-refractivity contribution in [2.75, 3.05) is 6.54 Å². The first-order chi connectivity index (χ1) is 18.2. The zero-order chi connectivity index (χ0) is 27.2. The van der Waals surface area contributed by atoms with Gasteiger partial charge in [0.2, 0.25) is 5.91 Å². The number of amides is 1. The van der Waals surface area contributed by atoms with Crippen molar-refractivity contribution < 1.29 is 23.4 Å². The Morgan fingerprint density at radius 1 is 1.05 bits per heavy atom. The molecule has 0 bridgehead atoms. The van der Waals surface area contributed by atoms with Gasteiger partial charge >= 0.3 is 0 Å². The first-order valence-electron chi connectivity index (χ1n) is 13.2. The van der Waals surface area contributed by atoms with E-state index in [0.29, 0.717) is 12.1 Å². The van der Waals surface area contributed by atoms with E-state index in [9.17, 15) is 18.7 Å². The van der Waals surface area contributed by atoms with Crippen LogP contribution in [0.3, 0.4) is 0 Å². The van der Waals surface area contributed by atoms with Crippen molar-refractivity contribution >= 4 is 5.91 Å². The van der Waals surface area contributed by atoms with Gasteiger partial charge in [-0.1, -0.05) is 43.3 Å². The van der Waals surface area contributed by atoms with Crippen LogP contribution in [0.15, 0.2) is 60.7 Å². The lowest BCUT2D eigenvalue weighted by Gasteiger charge is -2.26. The van der Waals surface area contributed by atoms with Crippen molar-refractivity contribution in [3.8, 4) is 5.75 Å². The number of nitrogens with one attached hydrogen (secondary N) is 2. The van der Waals surface area contributed by atoms with Gasteiger partial charge in [0.15, 0.2) is 0 Å². The number of carbonyl (C=O) groups excluding carboxylic acids is 1. The molecule has 0 saturated carbocycles. The second-order valence-electron chi connectivity index (χ2n) is 10.2. The second kappa shape index (κ2) is 12.5. The van der Waals surface area contributed by atoms with Crippen LogP contribution in [0.1, 0.15) is 54.5 Å². The highest BCUT2D eigenvalue weighted by molar-refractivity contribution is 5.83. The molecule has 202 valence electrons. The normalized spacial score (nSPS) is 16.8. The van der Waals surface area contributed by atoms with Gasteiger partial charge in [-0.05, 0) is 72.7 Å². The van der Waals surface area contributed by atoms with E-state index >= 15 is 0 Å². The van der Waals surface area contributed by atoms with Gasteiger partial charge in [-0.3, -0.25) is 4.79 Å². The first-order valence-corrected chi connectivity index (χ1v) is 13.2. The van der Waals surface area contributed by atoms with E-state index in [0.717, 1.165) is 41.3 Å². The van der Waals surface area contributed by atoms with Crippen LogP contribution in [0.4, 0.5) is 8.78 Å². The van der Waals surface area contributed by atoms with Crippen LogP contribution in [0, 0.1) is 11.6 Å². The van der Waals surface area contributed by atoms with Gasteiger partial charge in [0.1, 0.15) is 23.5 Å². The minimum atomic E-state index is -0.985. The number of aliphatic hydroxyl groups is 1. The number of hydrogen-bond acceptors (Lipinski definition) is 4. The van der Waals surface area contributed by atoms with Gasteiger partial charge in [0.25, 0.3) is 0 Å². The summed E-state index contributed by atoms with van der Waals surface area (Å²) >= 11 is 0. The first kappa shape index (κ1) is 27.7. The molecule has 1 heterocycles. The Bertz CT molecular complexity index is 1250. The van der Waals surface area contributed by atoms with E-state index in [2.05, 4.69) is 29.7 Å². The van der Waals surface area contributed by atoms with Crippen molar-refractivity contribution in [3.05, 3.63) is 100 Å². The Balaban J connectivity index is 1.45. The lowest BCUT2D eigenvalue weighted by atomic mass is 9.95. The zero-order valence-corrected chi connectivity index (χ0v) is 22.1. The molecule has 0 saturated heterocycles. The number of ether oxygens (including phenoxy) is 1. The van der Waals surface area contributed by atoms with Crippen LogP contribution in [-0.4, -0.2) is 35.8 Å². The summed E-state index contributed by atoms with van der Waals surface area (Å²) in [7, 11) is 0. The van der Waals surface area contributed by atoms with Gasteiger partial charge in [0.05, 0.1) is 18.1 Å². The molecule has 0 spiro atoms. The minimum absolute atomic E-state index is 0.0802. The van der Waals surface area contributed by atoms with Crippen molar-refractivity contribution in [1.82, 2.24) is 10.6 Å². The molecule has 0 fully saturated rings. The number of aryl methyl sites for hydroxylation is 1. The van der Waals surface area contributed by atoms with Crippen molar-refractivity contribution in [1.29, 1.82) is 0 Å². The van der Waals surface area contributed by atoms with Crippen LogP contribution in [0.25, 0.3) is 0 Å².